The molecule has 2 aromatic rings. The fraction of sp³-hybridized carbons (Fsp3) is 0.630. The molecule has 0 spiro atoms. The normalized spacial score (nSPS) is 36.3. The Labute approximate surface area is 354 Å². The Morgan fingerprint density at radius 1 is 1.02 bits per heavy atom. The van der Waals surface area contributed by atoms with Gasteiger partial charge >= 0.3 is 12.1 Å². The van der Waals surface area contributed by atoms with Crippen molar-refractivity contribution < 1.29 is 47.9 Å². The average Bonchev–Trinajstić information content (AvgIpc) is 3.34. The summed E-state index contributed by atoms with van der Waals surface area (Å²) in [6.07, 6.45) is -0.219. The molecule has 1 amide bonds. The molecule has 1 aromatic heterocycles. The third-order valence-corrected chi connectivity index (χ3v) is 12.8. The first-order valence-electron chi connectivity index (χ1n) is 21.2. The maximum absolute atomic E-state index is 14.6. The molecule has 1 aromatic carbocycles. The van der Waals surface area contributed by atoms with Crippen molar-refractivity contribution in [2.75, 3.05) is 33.8 Å². The largest absolute Gasteiger partial charge is 0.458 e. The maximum atomic E-state index is 14.6. The first-order chi connectivity index (χ1) is 28.5. The monoisotopic (exact) mass is 830 g/mol. The molecule has 1 N–H and O–H groups in total. The summed E-state index contributed by atoms with van der Waals surface area (Å²) in [4.78, 5) is 54.9. The zero-order chi connectivity index (χ0) is 43.5. The van der Waals surface area contributed by atoms with E-state index in [-0.39, 0.29) is 30.6 Å². The lowest BCUT2D eigenvalue weighted by atomic mass is 9.73. The first-order valence-corrected chi connectivity index (χ1v) is 21.2. The van der Waals surface area contributed by atoms with Crippen LogP contribution in [0.3, 0.4) is 0 Å². The number of carbonyl (C=O) groups is 3. The molecule has 14 heteroatoms. The molecular weight excluding hydrogens is 769 g/mol. The summed E-state index contributed by atoms with van der Waals surface area (Å²) < 4.78 is 38.1. The average molecular weight is 831 g/mol. The van der Waals surface area contributed by atoms with Gasteiger partial charge in [0.2, 0.25) is 0 Å². The van der Waals surface area contributed by atoms with Crippen LogP contribution < -0.4 is 4.74 Å². The molecule has 6 rings (SSSR count). The second-order valence-electron chi connectivity index (χ2n) is 17.5. The number of benzene rings is 1. The van der Waals surface area contributed by atoms with Crippen molar-refractivity contribution in [3.8, 4) is 23.3 Å². The Bertz CT molecular complexity index is 1930. The number of ether oxygens (including phenoxy) is 6. The lowest BCUT2D eigenvalue weighted by Gasteiger charge is -2.47. The van der Waals surface area contributed by atoms with Gasteiger partial charge in [0.1, 0.15) is 36.2 Å². The number of carbonyl (C=O) groups excluding carboxylic acids is 3. The minimum atomic E-state index is -1.26. The lowest BCUT2D eigenvalue weighted by Crippen LogP contribution is -2.60. The molecule has 0 saturated carbocycles. The van der Waals surface area contributed by atoms with Crippen LogP contribution >= 0.6 is 0 Å². The van der Waals surface area contributed by atoms with Gasteiger partial charge in [-0.1, -0.05) is 39.5 Å². The molecule has 4 aliphatic heterocycles. The molecule has 5 heterocycles. The van der Waals surface area contributed by atoms with Crippen LogP contribution in [-0.4, -0.2) is 131 Å². The van der Waals surface area contributed by atoms with Crippen LogP contribution in [0.25, 0.3) is 0 Å². The van der Waals surface area contributed by atoms with E-state index in [9.17, 15) is 19.5 Å². The zero-order valence-corrected chi connectivity index (χ0v) is 36.6. The number of rotatable bonds is 8. The number of hydrogen-bond donors (Lipinski definition) is 1. The van der Waals surface area contributed by atoms with E-state index in [0.29, 0.717) is 43.9 Å². The second-order valence-corrected chi connectivity index (χ2v) is 17.5. The SMILES string of the molecule is CC[C@H]1OC(=O)[C@H](C)C(=O)[C@H](C)[C@@H](O[C@@H]2O[C@H](C)C[C@H](N(C)C)[C@H]2O)[C@@](C)(OCC#Cc2ccc(Oc3cccnc3)cc2)C[C@@H](C)C2=NCCN3C(=O)O[C@@]1(C)[C@H]3[C@H]2C. The molecule has 0 aliphatic carbocycles. The molecule has 14 nitrogen and oxygen atoms in total. The zero-order valence-electron chi connectivity index (χ0n) is 36.6. The van der Waals surface area contributed by atoms with Gasteiger partial charge in [0.15, 0.2) is 17.7 Å². The minimum absolute atomic E-state index is 0.0443. The number of likely N-dealkylation sites (N-methyl/N-ethyl adjacent to an activating group) is 1. The van der Waals surface area contributed by atoms with E-state index in [2.05, 4.69) is 23.7 Å². The lowest BCUT2D eigenvalue weighted by molar-refractivity contribution is -0.296. The molecule has 2 bridgehead atoms. The fourth-order valence-corrected chi connectivity index (χ4v) is 9.74. The number of aliphatic imine (C=N–C) groups is 1. The molecule has 60 heavy (non-hydrogen) atoms. The first kappa shape index (κ1) is 45.1. The van der Waals surface area contributed by atoms with Crippen molar-refractivity contribution in [1.82, 2.24) is 14.8 Å². The van der Waals surface area contributed by atoms with Crippen LogP contribution in [0.15, 0.2) is 53.8 Å². The van der Waals surface area contributed by atoms with Crippen molar-refractivity contribution in [3.63, 3.8) is 0 Å². The Kier molecular flexibility index (Phi) is 14.1. The van der Waals surface area contributed by atoms with Crippen molar-refractivity contribution in [2.24, 2.45) is 28.7 Å². The number of nitrogens with zero attached hydrogens (tertiary/aromatic N) is 4. The second kappa shape index (κ2) is 18.7. The van der Waals surface area contributed by atoms with E-state index in [1.165, 1.54) is 6.92 Å². The van der Waals surface area contributed by atoms with Crippen LogP contribution in [-0.2, 0) is 33.3 Å². The number of aliphatic hydroxyl groups is 1. The third kappa shape index (κ3) is 9.40. The number of cyclic esters (lactones) is 1. The molecule has 3 saturated heterocycles. The Morgan fingerprint density at radius 2 is 1.75 bits per heavy atom. The van der Waals surface area contributed by atoms with Crippen LogP contribution in [0.5, 0.6) is 11.5 Å². The third-order valence-electron chi connectivity index (χ3n) is 12.8. The topological polar surface area (TPSA) is 159 Å². The van der Waals surface area contributed by atoms with Crippen LogP contribution in [0.1, 0.15) is 80.2 Å². The number of Topliss-reactive ketones (excluding diaryl/α,β-unsaturated/α-hetero) is 1. The number of fused-ring (bicyclic) bond motifs is 1. The van der Waals surface area contributed by atoms with Gasteiger partial charge in [0, 0.05) is 41.9 Å². The van der Waals surface area contributed by atoms with Gasteiger partial charge in [-0.15, -0.1) is 0 Å². The van der Waals surface area contributed by atoms with Crippen molar-refractivity contribution >= 4 is 23.6 Å². The van der Waals surface area contributed by atoms with E-state index in [1.54, 1.807) is 30.3 Å². The fourth-order valence-electron chi connectivity index (χ4n) is 9.74. The quantitative estimate of drug-likeness (QED) is 0.197. The summed E-state index contributed by atoms with van der Waals surface area (Å²) in [5.74, 6) is 3.71. The summed E-state index contributed by atoms with van der Waals surface area (Å²) in [7, 11) is 3.79. The van der Waals surface area contributed by atoms with Gasteiger partial charge in [0.05, 0.1) is 36.6 Å². The summed E-state index contributed by atoms with van der Waals surface area (Å²) in [5, 5.41) is 11.7. The molecule has 13 atom stereocenters. The number of aliphatic hydroxyl groups excluding tert-OH is 1. The predicted molar refractivity (Wildman–Crippen MR) is 223 cm³/mol. The van der Waals surface area contributed by atoms with E-state index in [1.807, 2.05) is 83.9 Å². The van der Waals surface area contributed by atoms with Gasteiger partial charge < -0.3 is 38.4 Å². The summed E-state index contributed by atoms with van der Waals surface area (Å²) in [6, 6.07) is 10.2. The summed E-state index contributed by atoms with van der Waals surface area (Å²) in [6.45, 7) is 15.5. The Morgan fingerprint density at radius 3 is 2.42 bits per heavy atom. The van der Waals surface area contributed by atoms with E-state index < -0.39 is 71.5 Å². The molecular formula is C46H62N4O10. The van der Waals surface area contributed by atoms with Gasteiger partial charge in [-0.3, -0.25) is 24.5 Å². The van der Waals surface area contributed by atoms with Gasteiger partial charge in [-0.05, 0) is 103 Å². The van der Waals surface area contributed by atoms with Crippen molar-refractivity contribution in [3.05, 3.63) is 54.4 Å². The molecule has 0 unspecified atom stereocenters. The number of esters is 1. The van der Waals surface area contributed by atoms with Crippen molar-refractivity contribution in [2.45, 2.75) is 129 Å². The van der Waals surface area contributed by atoms with Crippen molar-refractivity contribution in [1.29, 1.82) is 0 Å². The highest BCUT2D eigenvalue weighted by Gasteiger charge is 2.60. The van der Waals surface area contributed by atoms with Crippen LogP contribution in [0, 0.1) is 35.5 Å². The van der Waals surface area contributed by atoms with Gasteiger partial charge in [0.25, 0.3) is 0 Å². The number of aromatic nitrogens is 1. The highest BCUT2D eigenvalue weighted by atomic mass is 16.7. The number of pyridine rings is 1. The highest BCUT2D eigenvalue weighted by Crippen LogP contribution is 2.44. The number of amides is 1. The van der Waals surface area contributed by atoms with Crippen LogP contribution in [0.2, 0.25) is 0 Å². The number of ketones is 1. The summed E-state index contributed by atoms with van der Waals surface area (Å²) >= 11 is 0. The highest BCUT2D eigenvalue weighted by molar-refractivity contribution is 6.00. The van der Waals surface area contributed by atoms with E-state index >= 15 is 0 Å². The molecule has 4 aliphatic rings. The smallest absolute Gasteiger partial charge is 0.410 e. The Hall–Kier alpha value is -4.39. The maximum Gasteiger partial charge on any atom is 0.410 e. The van der Waals surface area contributed by atoms with E-state index in [4.69, 9.17) is 33.4 Å². The standard InChI is InChI=1S/C46H62N4O10/c1-11-36-46(8)40-29(4)37(48-21-22-50(40)44(54)60-46)27(2)25-45(7,55-23-13-14-32-16-18-33(19-17-32)57-34-15-12-20-47-26-34)41(30(5)38(51)31(6)42(53)58-36)59-43-39(52)35(49(9)10)24-28(3)56-43/h12,15-20,26-31,35-36,39-41,43,52H,11,21-25H2,1-10H3/t27-,28-,29+,30+,31-,35+,36-,39-,40-,41-,43+,45+,46-/m1/s1. The molecule has 0 radical (unpaired) electrons. The summed E-state index contributed by atoms with van der Waals surface area (Å²) in [5.41, 5.74) is -0.884. The Balaban J connectivity index is 1.38. The molecule has 3 fully saturated rings. The predicted octanol–water partition coefficient (Wildman–Crippen LogP) is 5.69. The van der Waals surface area contributed by atoms with Gasteiger partial charge in [-0.25, -0.2) is 4.79 Å². The molecule has 326 valence electrons. The minimum Gasteiger partial charge on any atom is -0.458 e. The number of hydrogen-bond acceptors (Lipinski definition) is 13. The van der Waals surface area contributed by atoms with Gasteiger partial charge in [-0.2, -0.15) is 0 Å². The van der Waals surface area contributed by atoms with E-state index in [0.717, 1.165) is 11.3 Å². The van der Waals surface area contributed by atoms with Crippen LogP contribution in [0.4, 0.5) is 4.79 Å².